The summed E-state index contributed by atoms with van der Waals surface area (Å²) in [6, 6.07) is 3.12. The molecule has 0 bridgehead atoms. The van der Waals surface area contributed by atoms with Gasteiger partial charge in [0.1, 0.15) is 0 Å². The van der Waals surface area contributed by atoms with Crippen molar-refractivity contribution in [1.82, 2.24) is 4.90 Å². The number of anilines is 1. The van der Waals surface area contributed by atoms with E-state index in [0.717, 1.165) is 6.07 Å². The molecule has 0 atom stereocenters. The molecular weight excluding hydrogens is 282 g/mol. The Morgan fingerprint density at radius 2 is 1.90 bits per heavy atom. The fourth-order valence-electron chi connectivity index (χ4n) is 1.71. The highest BCUT2D eigenvalue weighted by molar-refractivity contribution is 5.89. The highest BCUT2D eigenvalue weighted by atomic mass is 19.2. The number of amides is 2. The van der Waals surface area contributed by atoms with Crippen molar-refractivity contribution in [2.24, 2.45) is 0 Å². The Hall–Kier alpha value is -1.73. The molecule has 118 valence electrons. The van der Waals surface area contributed by atoms with Gasteiger partial charge in [-0.3, -0.25) is 0 Å². The van der Waals surface area contributed by atoms with Crippen molar-refractivity contribution in [2.75, 3.05) is 45.8 Å². The molecule has 0 aliphatic rings. The Balaban J connectivity index is 2.67. The molecule has 0 aliphatic heterocycles. The lowest BCUT2D eigenvalue weighted by molar-refractivity contribution is 0.143. The Labute approximate surface area is 122 Å². The summed E-state index contributed by atoms with van der Waals surface area (Å²) in [7, 11) is 3.10. The molecule has 1 rings (SSSR count). The van der Waals surface area contributed by atoms with Crippen LogP contribution in [-0.4, -0.2) is 51.5 Å². The SMILES string of the molecule is COCCCN(CCOC)C(=O)Nc1cccc(F)c1F. The van der Waals surface area contributed by atoms with Crippen molar-refractivity contribution in [2.45, 2.75) is 6.42 Å². The van der Waals surface area contributed by atoms with Crippen LogP contribution in [0.4, 0.5) is 19.3 Å². The highest BCUT2D eigenvalue weighted by Crippen LogP contribution is 2.17. The minimum absolute atomic E-state index is 0.186. The molecule has 7 heteroatoms. The van der Waals surface area contributed by atoms with Gasteiger partial charge in [-0.05, 0) is 18.6 Å². The first-order chi connectivity index (χ1) is 10.1. The number of hydrogen-bond donors (Lipinski definition) is 1. The van der Waals surface area contributed by atoms with Crippen molar-refractivity contribution < 1.29 is 23.0 Å². The molecule has 0 saturated heterocycles. The number of urea groups is 1. The van der Waals surface area contributed by atoms with Gasteiger partial charge in [0, 0.05) is 33.9 Å². The maximum Gasteiger partial charge on any atom is 0.322 e. The molecule has 21 heavy (non-hydrogen) atoms. The first-order valence-electron chi connectivity index (χ1n) is 6.58. The highest BCUT2D eigenvalue weighted by Gasteiger charge is 2.16. The van der Waals surface area contributed by atoms with Gasteiger partial charge in [0.2, 0.25) is 0 Å². The minimum Gasteiger partial charge on any atom is -0.385 e. The maximum atomic E-state index is 13.5. The van der Waals surface area contributed by atoms with Crippen molar-refractivity contribution >= 4 is 11.7 Å². The van der Waals surface area contributed by atoms with Crippen LogP contribution in [0.15, 0.2) is 18.2 Å². The number of halogens is 2. The van der Waals surface area contributed by atoms with E-state index in [0.29, 0.717) is 32.7 Å². The van der Waals surface area contributed by atoms with E-state index in [1.54, 1.807) is 7.11 Å². The topological polar surface area (TPSA) is 50.8 Å². The first kappa shape index (κ1) is 17.3. The Morgan fingerprint density at radius 1 is 1.19 bits per heavy atom. The molecule has 0 heterocycles. The zero-order valence-electron chi connectivity index (χ0n) is 12.2. The van der Waals surface area contributed by atoms with Gasteiger partial charge in [0.15, 0.2) is 11.6 Å². The lowest BCUT2D eigenvalue weighted by atomic mass is 10.3. The molecular formula is C14H20F2N2O3. The van der Waals surface area contributed by atoms with Crippen LogP contribution in [-0.2, 0) is 9.47 Å². The van der Waals surface area contributed by atoms with Crippen LogP contribution in [0.2, 0.25) is 0 Å². The van der Waals surface area contributed by atoms with Crippen LogP contribution in [0, 0.1) is 11.6 Å². The summed E-state index contributed by atoms with van der Waals surface area (Å²) in [4.78, 5) is 13.6. The quantitative estimate of drug-likeness (QED) is 0.751. The smallest absolute Gasteiger partial charge is 0.322 e. The average molecular weight is 302 g/mol. The van der Waals surface area contributed by atoms with Crippen molar-refractivity contribution in [3.8, 4) is 0 Å². The third kappa shape index (κ3) is 5.65. The Kier molecular flexibility index (Phi) is 7.63. The van der Waals surface area contributed by atoms with E-state index in [1.807, 2.05) is 0 Å². The zero-order chi connectivity index (χ0) is 15.7. The molecule has 2 amide bonds. The fraction of sp³-hybridized carbons (Fsp3) is 0.500. The van der Waals surface area contributed by atoms with Crippen LogP contribution < -0.4 is 5.32 Å². The van der Waals surface area contributed by atoms with Crippen molar-refractivity contribution in [3.05, 3.63) is 29.8 Å². The number of hydrogen-bond acceptors (Lipinski definition) is 3. The molecule has 0 aliphatic carbocycles. The second-order valence-corrected chi connectivity index (χ2v) is 4.36. The van der Waals surface area contributed by atoms with Crippen LogP contribution in [0.1, 0.15) is 6.42 Å². The third-order valence-corrected chi connectivity index (χ3v) is 2.82. The lowest BCUT2D eigenvalue weighted by Gasteiger charge is -2.22. The molecule has 1 N–H and O–H groups in total. The number of nitrogens with one attached hydrogen (secondary N) is 1. The normalized spacial score (nSPS) is 10.5. The van der Waals surface area contributed by atoms with E-state index in [1.165, 1.54) is 24.1 Å². The van der Waals surface area contributed by atoms with Crippen molar-refractivity contribution in [1.29, 1.82) is 0 Å². The molecule has 0 unspecified atom stereocenters. The zero-order valence-corrected chi connectivity index (χ0v) is 12.2. The second kappa shape index (κ2) is 9.25. The number of nitrogens with zero attached hydrogens (tertiary/aromatic N) is 1. The summed E-state index contributed by atoms with van der Waals surface area (Å²) in [6.45, 7) is 1.64. The van der Waals surface area contributed by atoms with Gasteiger partial charge >= 0.3 is 6.03 Å². The number of benzene rings is 1. The van der Waals surface area contributed by atoms with E-state index in [9.17, 15) is 13.6 Å². The summed E-state index contributed by atoms with van der Waals surface area (Å²) < 4.78 is 36.5. The minimum atomic E-state index is -1.07. The average Bonchev–Trinajstić information content (AvgIpc) is 2.47. The molecule has 0 fully saturated rings. The third-order valence-electron chi connectivity index (χ3n) is 2.82. The van der Waals surface area contributed by atoms with Crippen LogP contribution in [0.25, 0.3) is 0 Å². The number of ether oxygens (including phenoxy) is 2. The summed E-state index contributed by atoms with van der Waals surface area (Å²) in [5, 5.41) is 2.36. The van der Waals surface area contributed by atoms with Gasteiger partial charge in [-0.2, -0.15) is 0 Å². The number of carbonyl (C=O) groups excluding carboxylic acids is 1. The van der Waals surface area contributed by atoms with E-state index >= 15 is 0 Å². The molecule has 0 radical (unpaired) electrons. The standard InChI is InChI=1S/C14H20F2N2O3/c1-20-9-4-7-18(8-10-21-2)14(19)17-12-6-3-5-11(15)13(12)16/h3,5-6H,4,7-10H2,1-2H3,(H,17,19). The Morgan fingerprint density at radius 3 is 2.57 bits per heavy atom. The predicted molar refractivity (Wildman–Crippen MR) is 75.3 cm³/mol. The first-order valence-corrected chi connectivity index (χ1v) is 6.58. The molecule has 1 aromatic rings. The monoisotopic (exact) mass is 302 g/mol. The van der Waals surface area contributed by atoms with Crippen LogP contribution in [0.3, 0.4) is 0 Å². The van der Waals surface area contributed by atoms with Crippen LogP contribution in [0.5, 0.6) is 0 Å². The summed E-state index contributed by atoms with van der Waals surface area (Å²) in [6.07, 6.45) is 0.638. The summed E-state index contributed by atoms with van der Waals surface area (Å²) in [5.41, 5.74) is -0.186. The van der Waals surface area contributed by atoms with E-state index in [-0.39, 0.29) is 5.69 Å². The van der Waals surface area contributed by atoms with Gasteiger partial charge in [0.25, 0.3) is 0 Å². The van der Waals surface area contributed by atoms with Gasteiger partial charge in [-0.15, -0.1) is 0 Å². The summed E-state index contributed by atoms with van der Waals surface area (Å²) in [5.74, 6) is -2.08. The van der Waals surface area contributed by atoms with Gasteiger partial charge in [0.05, 0.1) is 12.3 Å². The molecule has 0 saturated carbocycles. The number of carbonyl (C=O) groups is 1. The second-order valence-electron chi connectivity index (χ2n) is 4.36. The van der Waals surface area contributed by atoms with E-state index in [4.69, 9.17) is 9.47 Å². The van der Waals surface area contributed by atoms with Gasteiger partial charge < -0.3 is 19.7 Å². The molecule has 0 aromatic heterocycles. The lowest BCUT2D eigenvalue weighted by Crippen LogP contribution is -2.38. The molecule has 5 nitrogen and oxygen atoms in total. The predicted octanol–water partition coefficient (Wildman–Crippen LogP) is 2.48. The molecule has 1 aromatic carbocycles. The van der Waals surface area contributed by atoms with Crippen LogP contribution >= 0.6 is 0 Å². The van der Waals surface area contributed by atoms with Crippen molar-refractivity contribution in [3.63, 3.8) is 0 Å². The maximum absolute atomic E-state index is 13.5. The summed E-state index contributed by atoms with van der Waals surface area (Å²) >= 11 is 0. The van der Waals surface area contributed by atoms with Gasteiger partial charge in [-0.1, -0.05) is 6.07 Å². The Bertz CT molecular complexity index is 458. The largest absolute Gasteiger partial charge is 0.385 e. The van der Waals surface area contributed by atoms with Gasteiger partial charge in [-0.25, -0.2) is 13.6 Å². The number of methoxy groups -OCH3 is 2. The van der Waals surface area contributed by atoms with E-state index < -0.39 is 17.7 Å². The number of rotatable bonds is 8. The molecule has 0 spiro atoms. The van der Waals surface area contributed by atoms with E-state index in [2.05, 4.69) is 5.32 Å². The fourth-order valence-corrected chi connectivity index (χ4v) is 1.71.